The predicted octanol–water partition coefficient (Wildman–Crippen LogP) is 2.22. The second kappa shape index (κ2) is 7.50. The molecule has 2 aromatic carbocycles. The second-order valence-electron chi connectivity index (χ2n) is 5.08. The number of benzene rings is 2. The highest BCUT2D eigenvalue weighted by Gasteiger charge is 2.33. The summed E-state index contributed by atoms with van der Waals surface area (Å²) in [5, 5.41) is 10.4. The van der Waals surface area contributed by atoms with Crippen LogP contribution in [0.15, 0.2) is 59.5 Å². The molecule has 7 heteroatoms. The summed E-state index contributed by atoms with van der Waals surface area (Å²) in [6.45, 7) is -0.505. The first-order valence-corrected chi connectivity index (χ1v) is 8.53. The molecular weight excluding hydrogens is 358 g/mol. The van der Waals surface area contributed by atoms with Crippen LogP contribution in [0.4, 0.5) is 5.69 Å². The standard InChI is InChI=1S/C18H13NO4S2/c20-16(21)11-23-14-8-6-12(7-9-14)10-15-17(22)19(18(24)25-15)13-4-2-1-3-5-13/h1-10H,11H2,(H,20,21)/p-1/b15-10-. The van der Waals surface area contributed by atoms with Crippen molar-refractivity contribution in [3.8, 4) is 5.75 Å². The Morgan fingerprint density at radius 1 is 1.16 bits per heavy atom. The van der Waals surface area contributed by atoms with Gasteiger partial charge in [-0.3, -0.25) is 9.69 Å². The number of nitrogens with zero attached hydrogens (tertiary/aromatic N) is 1. The van der Waals surface area contributed by atoms with Gasteiger partial charge in [-0.1, -0.05) is 54.3 Å². The maximum Gasteiger partial charge on any atom is 0.270 e. The van der Waals surface area contributed by atoms with Crippen LogP contribution in [0.1, 0.15) is 5.56 Å². The van der Waals surface area contributed by atoms with Gasteiger partial charge in [-0.05, 0) is 35.9 Å². The average molecular weight is 370 g/mol. The lowest BCUT2D eigenvalue weighted by atomic mass is 10.2. The average Bonchev–Trinajstić information content (AvgIpc) is 2.88. The number of carboxylic acid groups (broad SMARTS) is 1. The molecule has 0 atom stereocenters. The number of carboxylic acids is 1. The third-order valence-electron chi connectivity index (χ3n) is 3.34. The summed E-state index contributed by atoms with van der Waals surface area (Å²) in [6, 6.07) is 16.0. The van der Waals surface area contributed by atoms with Crippen LogP contribution in [0.5, 0.6) is 5.75 Å². The maximum atomic E-state index is 12.6. The third-order valence-corrected chi connectivity index (χ3v) is 4.64. The molecule has 126 valence electrons. The monoisotopic (exact) mass is 370 g/mol. The Bertz CT molecular complexity index is 847. The fraction of sp³-hybridized carbons (Fsp3) is 0.0556. The zero-order chi connectivity index (χ0) is 17.8. The van der Waals surface area contributed by atoms with Gasteiger partial charge in [0.1, 0.15) is 12.4 Å². The van der Waals surface area contributed by atoms with Crippen molar-refractivity contribution >= 4 is 51.9 Å². The number of carbonyl (C=O) groups excluding carboxylic acids is 2. The maximum absolute atomic E-state index is 12.6. The molecule has 0 unspecified atom stereocenters. The first-order valence-electron chi connectivity index (χ1n) is 7.30. The largest absolute Gasteiger partial charge is 0.546 e. The molecule has 0 N–H and O–H groups in total. The van der Waals surface area contributed by atoms with Gasteiger partial charge in [-0.15, -0.1) is 0 Å². The van der Waals surface area contributed by atoms with Gasteiger partial charge in [0.25, 0.3) is 5.91 Å². The number of thiocarbonyl (C=S) groups is 1. The highest BCUT2D eigenvalue weighted by atomic mass is 32.2. The number of hydrogen-bond donors (Lipinski definition) is 0. The Morgan fingerprint density at radius 3 is 2.48 bits per heavy atom. The summed E-state index contributed by atoms with van der Waals surface area (Å²) in [5.74, 6) is -1.04. The van der Waals surface area contributed by atoms with E-state index in [1.54, 1.807) is 30.3 Å². The number of para-hydroxylation sites is 1. The normalized spacial score (nSPS) is 15.7. The summed E-state index contributed by atoms with van der Waals surface area (Å²) in [5.41, 5.74) is 1.52. The topological polar surface area (TPSA) is 69.7 Å². The van der Waals surface area contributed by atoms with Crippen molar-refractivity contribution in [3.05, 3.63) is 65.1 Å². The van der Waals surface area contributed by atoms with E-state index in [-0.39, 0.29) is 5.91 Å². The van der Waals surface area contributed by atoms with E-state index in [9.17, 15) is 14.7 Å². The Morgan fingerprint density at radius 2 is 1.84 bits per heavy atom. The van der Waals surface area contributed by atoms with Crippen molar-refractivity contribution in [3.63, 3.8) is 0 Å². The van der Waals surface area contributed by atoms with E-state index in [1.165, 1.54) is 16.7 Å². The van der Waals surface area contributed by atoms with Crippen molar-refractivity contribution in [1.82, 2.24) is 0 Å². The van der Waals surface area contributed by atoms with Crippen molar-refractivity contribution in [2.75, 3.05) is 11.5 Å². The molecule has 1 heterocycles. The Kier molecular flexibility index (Phi) is 5.16. The number of carbonyl (C=O) groups is 2. The highest BCUT2D eigenvalue weighted by molar-refractivity contribution is 8.27. The minimum Gasteiger partial charge on any atom is -0.546 e. The minimum absolute atomic E-state index is 0.168. The molecular formula is C18H12NO4S2-. The fourth-order valence-electron chi connectivity index (χ4n) is 2.22. The zero-order valence-corrected chi connectivity index (χ0v) is 14.5. The molecule has 0 radical (unpaired) electrons. The molecule has 2 aromatic rings. The first kappa shape index (κ1) is 17.2. The smallest absolute Gasteiger partial charge is 0.270 e. The second-order valence-corrected chi connectivity index (χ2v) is 6.76. The van der Waals surface area contributed by atoms with Gasteiger partial charge in [0, 0.05) is 0 Å². The van der Waals surface area contributed by atoms with Crippen molar-refractivity contribution < 1.29 is 19.4 Å². The Balaban J connectivity index is 1.77. The molecule has 0 saturated carbocycles. The lowest BCUT2D eigenvalue weighted by Crippen LogP contribution is -2.28. The van der Waals surface area contributed by atoms with Gasteiger partial charge in [0.15, 0.2) is 4.32 Å². The van der Waals surface area contributed by atoms with Crippen LogP contribution in [0.3, 0.4) is 0 Å². The lowest BCUT2D eigenvalue weighted by molar-refractivity contribution is -0.307. The van der Waals surface area contributed by atoms with Crippen LogP contribution in [0.25, 0.3) is 6.08 Å². The van der Waals surface area contributed by atoms with Crippen LogP contribution in [-0.2, 0) is 9.59 Å². The van der Waals surface area contributed by atoms with E-state index in [4.69, 9.17) is 17.0 Å². The van der Waals surface area contributed by atoms with Crippen LogP contribution in [-0.4, -0.2) is 22.8 Å². The van der Waals surface area contributed by atoms with Crippen molar-refractivity contribution in [2.24, 2.45) is 0 Å². The Hall–Kier alpha value is -2.64. The molecule has 0 aliphatic carbocycles. The number of ether oxygens (including phenoxy) is 1. The molecule has 0 bridgehead atoms. The predicted molar refractivity (Wildman–Crippen MR) is 99.0 cm³/mol. The van der Waals surface area contributed by atoms with Crippen molar-refractivity contribution in [1.29, 1.82) is 0 Å². The van der Waals surface area contributed by atoms with Crippen molar-refractivity contribution in [2.45, 2.75) is 0 Å². The van der Waals surface area contributed by atoms with Crippen LogP contribution < -0.4 is 14.7 Å². The van der Waals surface area contributed by atoms with Gasteiger partial charge in [0.05, 0.1) is 16.6 Å². The lowest BCUT2D eigenvalue weighted by Gasteiger charge is -2.13. The highest BCUT2D eigenvalue weighted by Crippen LogP contribution is 2.35. The SMILES string of the molecule is O=C([O-])COc1ccc(/C=C2\SC(=S)N(c3ccccc3)C2=O)cc1. The van der Waals surface area contributed by atoms with E-state index in [0.717, 1.165) is 11.3 Å². The summed E-state index contributed by atoms with van der Waals surface area (Å²) in [7, 11) is 0. The molecule has 25 heavy (non-hydrogen) atoms. The zero-order valence-electron chi connectivity index (χ0n) is 12.9. The molecule has 0 spiro atoms. The van der Waals surface area contributed by atoms with Crippen LogP contribution in [0.2, 0.25) is 0 Å². The molecule has 3 rings (SSSR count). The third kappa shape index (κ3) is 4.07. The molecule has 1 fully saturated rings. The molecule has 0 aromatic heterocycles. The molecule has 1 aliphatic rings. The van der Waals surface area contributed by atoms with E-state index in [1.807, 2.05) is 30.3 Å². The van der Waals surface area contributed by atoms with E-state index >= 15 is 0 Å². The summed E-state index contributed by atoms with van der Waals surface area (Å²) >= 11 is 6.56. The number of aliphatic carboxylic acids is 1. The molecule has 1 aliphatic heterocycles. The van der Waals surface area contributed by atoms with Gasteiger partial charge >= 0.3 is 0 Å². The van der Waals surface area contributed by atoms with Crippen LogP contribution in [0, 0.1) is 0 Å². The number of rotatable bonds is 5. The molecule has 1 saturated heterocycles. The van der Waals surface area contributed by atoms with E-state index in [2.05, 4.69) is 0 Å². The number of thioether (sulfide) groups is 1. The van der Waals surface area contributed by atoms with E-state index in [0.29, 0.717) is 15.0 Å². The quantitative estimate of drug-likeness (QED) is 0.594. The summed E-state index contributed by atoms with van der Waals surface area (Å²) in [6.07, 6.45) is 1.74. The number of hydrogen-bond acceptors (Lipinski definition) is 6. The summed E-state index contributed by atoms with van der Waals surface area (Å²) < 4.78 is 5.50. The molecule has 5 nitrogen and oxygen atoms in total. The van der Waals surface area contributed by atoms with Gasteiger partial charge in [-0.25, -0.2) is 0 Å². The number of amides is 1. The van der Waals surface area contributed by atoms with Gasteiger partial charge < -0.3 is 14.6 Å². The number of anilines is 1. The fourth-order valence-corrected chi connectivity index (χ4v) is 3.52. The van der Waals surface area contributed by atoms with Gasteiger partial charge in [-0.2, -0.15) is 0 Å². The van der Waals surface area contributed by atoms with Gasteiger partial charge in [0.2, 0.25) is 0 Å². The summed E-state index contributed by atoms with van der Waals surface area (Å²) in [4.78, 5) is 25.0. The van der Waals surface area contributed by atoms with E-state index < -0.39 is 12.6 Å². The Labute approximate surface area is 153 Å². The first-order chi connectivity index (χ1) is 12.0. The van der Waals surface area contributed by atoms with Crippen LogP contribution >= 0.6 is 24.0 Å². The minimum atomic E-state index is -1.28. The molecule has 1 amide bonds.